The number of aromatic nitrogens is 2. The molecule has 26 heavy (non-hydrogen) atoms. The third-order valence-electron chi connectivity index (χ3n) is 4.90. The summed E-state index contributed by atoms with van der Waals surface area (Å²) in [6, 6.07) is 7.61. The Balaban J connectivity index is 1.79. The molecule has 0 aliphatic carbocycles. The van der Waals surface area contributed by atoms with Crippen LogP contribution in [0.3, 0.4) is 0 Å². The minimum absolute atomic E-state index is 0.215. The summed E-state index contributed by atoms with van der Waals surface area (Å²) >= 11 is 1.40. The van der Waals surface area contributed by atoms with Crippen molar-refractivity contribution < 1.29 is 9.21 Å². The van der Waals surface area contributed by atoms with Crippen LogP contribution in [0.1, 0.15) is 22.8 Å². The van der Waals surface area contributed by atoms with Gasteiger partial charge in [-0.1, -0.05) is 18.2 Å². The molecule has 0 N–H and O–H groups in total. The second-order valence-electron chi connectivity index (χ2n) is 6.44. The summed E-state index contributed by atoms with van der Waals surface area (Å²) < 4.78 is 12.4. The van der Waals surface area contributed by atoms with Gasteiger partial charge in [-0.2, -0.15) is 0 Å². The Labute approximate surface area is 152 Å². The van der Waals surface area contributed by atoms with E-state index in [0.717, 1.165) is 39.8 Å². The smallest absolute Gasteiger partial charge is 0.193 e. The van der Waals surface area contributed by atoms with Crippen LogP contribution in [0.25, 0.3) is 33.6 Å². The van der Waals surface area contributed by atoms with Gasteiger partial charge in [0.15, 0.2) is 17.0 Å². The summed E-state index contributed by atoms with van der Waals surface area (Å²) in [7, 11) is 0. The molecule has 1 aliphatic heterocycles. The average molecular weight is 362 g/mol. The summed E-state index contributed by atoms with van der Waals surface area (Å²) in [5.74, 6) is 0.502. The summed E-state index contributed by atoms with van der Waals surface area (Å²) in [6.07, 6.45) is 4.28. The number of aryl methyl sites for hydroxylation is 2. The second-order valence-corrected chi connectivity index (χ2v) is 7.10. The van der Waals surface area contributed by atoms with Gasteiger partial charge in [0.2, 0.25) is 0 Å². The lowest BCUT2D eigenvalue weighted by molar-refractivity contribution is 0.101. The number of rotatable bonds is 2. The topological polar surface area (TPSA) is 65.1 Å². The van der Waals surface area contributed by atoms with E-state index in [0.29, 0.717) is 12.3 Å². The molecule has 0 saturated carbocycles. The van der Waals surface area contributed by atoms with E-state index in [1.807, 2.05) is 28.3 Å². The van der Waals surface area contributed by atoms with E-state index in [1.165, 1.54) is 24.5 Å². The normalized spacial score (nSPS) is 12.8. The Morgan fingerprint density at radius 3 is 3.00 bits per heavy atom. The number of pyridine rings is 1. The molecule has 1 aromatic carbocycles. The first-order valence-corrected chi connectivity index (χ1v) is 9.17. The Morgan fingerprint density at radius 2 is 2.23 bits per heavy atom. The number of carbonyl (C=O) groups is 1. The molecule has 3 aromatic heterocycles. The van der Waals surface area contributed by atoms with Crippen molar-refractivity contribution in [3.05, 3.63) is 63.4 Å². The highest BCUT2D eigenvalue weighted by atomic mass is 32.1. The van der Waals surface area contributed by atoms with Crippen molar-refractivity contribution in [2.75, 3.05) is 0 Å². The predicted octanol–water partition coefficient (Wildman–Crippen LogP) is 4.14. The first-order chi connectivity index (χ1) is 12.6. The number of benzene rings is 1. The van der Waals surface area contributed by atoms with Crippen molar-refractivity contribution in [1.82, 2.24) is 8.94 Å². The van der Waals surface area contributed by atoms with Gasteiger partial charge < -0.3 is 8.98 Å². The lowest BCUT2D eigenvalue weighted by Gasteiger charge is -2.18. The van der Waals surface area contributed by atoms with Crippen LogP contribution in [0.15, 0.2) is 51.3 Å². The first-order valence-electron chi connectivity index (χ1n) is 8.33. The van der Waals surface area contributed by atoms with Crippen molar-refractivity contribution in [3.63, 3.8) is 0 Å². The van der Waals surface area contributed by atoms with Crippen molar-refractivity contribution >= 4 is 28.3 Å². The Morgan fingerprint density at radius 1 is 1.35 bits per heavy atom. The van der Waals surface area contributed by atoms with E-state index in [2.05, 4.69) is 10.4 Å². The van der Waals surface area contributed by atoms with E-state index in [4.69, 9.17) is 4.42 Å². The lowest BCUT2D eigenvalue weighted by Crippen LogP contribution is -2.20. The van der Waals surface area contributed by atoms with Crippen LogP contribution in [0.4, 0.5) is 0 Å². The molecule has 0 saturated heterocycles. The molecular weight excluding hydrogens is 348 g/mol. The maximum absolute atomic E-state index is 12.3. The molecule has 1 aliphatic rings. The van der Waals surface area contributed by atoms with Crippen molar-refractivity contribution in [2.45, 2.75) is 19.9 Å². The predicted molar refractivity (Wildman–Crippen MR) is 101 cm³/mol. The highest BCUT2D eigenvalue weighted by Gasteiger charge is 2.25. The molecule has 128 valence electrons. The summed E-state index contributed by atoms with van der Waals surface area (Å²) in [6.45, 7) is 2.13. The van der Waals surface area contributed by atoms with E-state index >= 15 is 0 Å². The van der Waals surface area contributed by atoms with Crippen LogP contribution >= 0.6 is 11.5 Å². The van der Waals surface area contributed by atoms with Crippen LogP contribution < -0.4 is 5.43 Å². The van der Waals surface area contributed by atoms with E-state index in [1.54, 1.807) is 6.20 Å². The molecule has 4 aromatic rings. The van der Waals surface area contributed by atoms with Crippen LogP contribution in [-0.4, -0.2) is 14.7 Å². The zero-order chi connectivity index (χ0) is 17.8. The molecule has 5 rings (SSSR count). The van der Waals surface area contributed by atoms with Crippen LogP contribution in [0.2, 0.25) is 0 Å². The van der Waals surface area contributed by atoms with E-state index in [9.17, 15) is 9.59 Å². The number of furan rings is 1. The number of nitrogens with zero attached hydrogens (tertiary/aromatic N) is 2. The Hall–Kier alpha value is -2.99. The molecule has 0 radical (unpaired) electrons. The van der Waals surface area contributed by atoms with Crippen LogP contribution in [-0.2, 0) is 13.0 Å². The Kier molecular flexibility index (Phi) is 3.24. The fourth-order valence-electron chi connectivity index (χ4n) is 3.64. The molecule has 0 unspecified atom stereocenters. The molecule has 0 bridgehead atoms. The third-order valence-corrected chi connectivity index (χ3v) is 5.49. The molecule has 4 heterocycles. The largest absolute Gasteiger partial charge is 0.454 e. The van der Waals surface area contributed by atoms with Gasteiger partial charge in [-0.15, -0.1) is 0 Å². The molecule has 0 atom stereocenters. The number of hydrogen-bond acceptors (Lipinski definition) is 5. The van der Waals surface area contributed by atoms with Gasteiger partial charge in [0.1, 0.15) is 5.58 Å². The van der Waals surface area contributed by atoms with Gasteiger partial charge in [-0.25, -0.2) is 4.37 Å². The van der Waals surface area contributed by atoms with Gasteiger partial charge in [-0.3, -0.25) is 9.59 Å². The Bertz CT molecular complexity index is 1230. The fourth-order valence-corrected chi connectivity index (χ4v) is 4.18. The van der Waals surface area contributed by atoms with Crippen molar-refractivity contribution in [2.24, 2.45) is 0 Å². The highest BCUT2D eigenvalue weighted by molar-refractivity contribution is 7.03. The second kappa shape index (κ2) is 5.51. The first kappa shape index (κ1) is 15.3. The van der Waals surface area contributed by atoms with Gasteiger partial charge in [0, 0.05) is 52.5 Å². The molecule has 0 spiro atoms. The molecule has 6 heteroatoms. The standard InChI is InChI=1S/C20H14N2O3S/c1-11(23)16-9-22-6-5-15-14-4-2-3-13(12-8-21-26-10-12)19(14)25-20(15)17(22)7-18(16)24/h2-4,7-10H,5-6H2,1H3. The molecule has 0 amide bonds. The lowest BCUT2D eigenvalue weighted by atomic mass is 9.99. The fraction of sp³-hybridized carbons (Fsp3) is 0.150. The number of fused-ring (bicyclic) bond motifs is 5. The molecule has 5 nitrogen and oxygen atoms in total. The van der Waals surface area contributed by atoms with Gasteiger partial charge in [0.05, 0.1) is 11.3 Å². The third kappa shape index (κ3) is 2.12. The summed E-state index contributed by atoms with van der Waals surface area (Å²) in [4.78, 5) is 24.0. The number of carbonyl (C=O) groups excluding carboxylic acids is 1. The number of Topliss-reactive ketones (excluding diaryl/α,β-unsaturated/α-hetero) is 1. The highest BCUT2D eigenvalue weighted by Crippen LogP contribution is 2.40. The monoisotopic (exact) mass is 362 g/mol. The number of para-hydroxylation sites is 1. The minimum Gasteiger partial charge on any atom is -0.454 e. The SMILES string of the molecule is CC(=O)c1cn2c(cc1=O)-c1oc3c(-c4cnsc4)cccc3c1CC2. The maximum Gasteiger partial charge on any atom is 0.193 e. The van der Waals surface area contributed by atoms with Gasteiger partial charge in [-0.05, 0) is 24.9 Å². The zero-order valence-electron chi connectivity index (χ0n) is 14.0. The van der Waals surface area contributed by atoms with E-state index in [-0.39, 0.29) is 16.8 Å². The van der Waals surface area contributed by atoms with Crippen LogP contribution in [0.5, 0.6) is 0 Å². The average Bonchev–Trinajstić information content (AvgIpc) is 3.28. The summed E-state index contributed by atoms with van der Waals surface area (Å²) in [5.41, 5.74) is 4.63. The summed E-state index contributed by atoms with van der Waals surface area (Å²) in [5, 5.41) is 3.06. The molecular formula is C20H14N2O3S. The quantitative estimate of drug-likeness (QED) is 0.503. The van der Waals surface area contributed by atoms with Crippen molar-refractivity contribution in [1.29, 1.82) is 0 Å². The zero-order valence-corrected chi connectivity index (χ0v) is 14.8. The van der Waals surface area contributed by atoms with Gasteiger partial charge >= 0.3 is 0 Å². The maximum atomic E-state index is 12.3. The van der Waals surface area contributed by atoms with Gasteiger partial charge in [0.25, 0.3) is 0 Å². The number of ketones is 1. The number of hydrogen-bond donors (Lipinski definition) is 0. The molecule has 0 fully saturated rings. The van der Waals surface area contributed by atoms with Crippen molar-refractivity contribution in [3.8, 4) is 22.6 Å². The minimum atomic E-state index is -0.265. The van der Waals surface area contributed by atoms with E-state index < -0.39 is 0 Å². The van der Waals surface area contributed by atoms with Crippen LogP contribution in [0, 0.1) is 0 Å².